The first-order valence-electron chi connectivity index (χ1n) is 7.48. The van der Waals surface area contributed by atoms with Crippen LogP contribution >= 0.6 is 11.3 Å². The Morgan fingerprint density at radius 3 is 2.52 bits per heavy atom. The third-order valence-corrected chi connectivity index (χ3v) is 4.79. The Bertz CT molecular complexity index is 496. The zero-order valence-electron chi connectivity index (χ0n) is 13.2. The summed E-state index contributed by atoms with van der Waals surface area (Å²) in [5.41, 5.74) is 1.23. The minimum absolute atomic E-state index is 0.0263. The maximum atomic E-state index is 12.1. The number of carbonyl (C=O) groups excluding carboxylic acids is 1. The highest BCUT2D eigenvalue weighted by molar-refractivity contribution is 7.14. The van der Waals surface area contributed by atoms with E-state index in [1.165, 1.54) is 21.8 Å². The van der Waals surface area contributed by atoms with Gasteiger partial charge in [0, 0.05) is 10.9 Å². The molecule has 1 heterocycles. The Labute approximate surface area is 130 Å². The van der Waals surface area contributed by atoms with E-state index in [4.69, 9.17) is 5.11 Å². The van der Waals surface area contributed by atoms with Crippen LogP contribution in [0.4, 0.5) is 0 Å². The molecule has 0 aromatic carbocycles. The highest BCUT2D eigenvalue weighted by Crippen LogP contribution is 2.22. The molecule has 2 atom stereocenters. The van der Waals surface area contributed by atoms with E-state index in [0.29, 0.717) is 6.42 Å². The molecule has 2 N–H and O–H groups in total. The van der Waals surface area contributed by atoms with Crippen molar-refractivity contribution in [2.24, 2.45) is 5.92 Å². The first kappa shape index (κ1) is 17.7. The number of thiophene rings is 1. The number of hydrogen-bond acceptors (Lipinski definition) is 3. The lowest BCUT2D eigenvalue weighted by Crippen LogP contribution is -2.32. The molecule has 5 heteroatoms. The number of carboxylic acids is 1. The lowest BCUT2D eigenvalue weighted by Gasteiger charge is -2.14. The standard InChI is InChI=1S/C16H25NO3S/c1-5-13-9-14(21-12(13)4)15(18)17-11(3)8-6-7-10(2)16(19)20/h9-11H,5-8H2,1-4H3,(H,17,18)(H,19,20). The van der Waals surface area contributed by atoms with Crippen LogP contribution in [0.5, 0.6) is 0 Å². The molecule has 21 heavy (non-hydrogen) atoms. The normalized spacial score (nSPS) is 13.7. The summed E-state index contributed by atoms with van der Waals surface area (Å²) in [4.78, 5) is 24.8. The predicted octanol–water partition coefficient (Wildman–Crippen LogP) is 3.63. The summed E-state index contributed by atoms with van der Waals surface area (Å²) in [5.74, 6) is -1.10. The number of rotatable bonds is 8. The van der Waals surface area contributed by atoms with Gasteiger partial charge in [-0.15, -0.1) is 11.3 Å². The Morgan fingerprint density at radius 2 is 2.00 bits per heavy atom. The summed E-state index contributed by atoms with van der Waals surface area (Å²) in [6, 6.07) is 2.03. The smallest absolute Gasteiger partial charge is 0.306 e. The molecule has 0 saturated carbocycles. The van der Waals surface area contributed by atoms with Gasteiger partial charge in [0.15, 0.2) is 0 Å². The zero-order chi connectivity index (χ0) is 16.0. The van der Waals surface area contributed by atoms with Crippen molar-refractivity contribution in [3.63, 3.8) is 0 Å². The molecular weight excluding hydrogens is 286 g/mol. The first-order valence-corrected chi connectivity index (χ1v) is 8.29. The van der Waals surface area contributed by atoms with Crippen LogP contribution in [0, 0.1) is 12.8 Å². The van der Waals surface area contributed by atoms with Crippen LogP contribution in [0.25, 0.3) is 0 Å². The highest BCUT2D eigenvalue weighted by atomic mass is 32.1. The lowest BCUT2D eigenvalue weighted by atomic mass is 10.0. The number of aryl methyl sites for hydroxylation is 2. The second-order valence-electron chi connectivity index (χ2n) is 5.59. The van der Waals surface area contributed by atoms with Crippen molar-refractivity contribution in [1.82, 2.24) is 5.32 Å². The Hall–Kier alpha value is -1.36. The number of amides is 1. The molecule has 0 bridgehead atoms. The van der Waals surface area contributed by atoms with Crippen LogP contribution in [-0.2, 0) is 11.2 Å². The summed E-state index contributed by atoms with van der Waals surface area (Å²) in [6.45, 7) is 7.80. The molecule has 0 aliphatic heterocycles. The van der Waals surface area contributed by atoms with Gasteiger partial charge in [0.25, 0.3) is 5.91 Å². The first-order chi connectivity index (χ1) is 9.85. The number of hydrogen-bond donors (Lipinski definition) is 2. The van der Waals surface area contributed by atoms with Gasteiger partial charge in [-0.05, 0) is 44.7 Å². The average Bonchev–Trinajstić information content (AvgIpc) is 2.79. The Morgan fingerprint density at radius 1 is 1.33 bits per heavy atom. The van der Waals surface area contributed by atoms with E-state index in [2.05, 4.69) is 12.2 Å². The van der Waals surface area contributed by atoms with Crippen LogP contribution in [0.15, 0.2) is 6.07 Å². The molecule has 0 aliphatic rings. The zero-order valence-corrected chi connectivity index (χ0v) is 14.0. The summed E-state index contributed by atoms with van der Waals surface area (Å²) in [7, 11) is 0. The molecule has 0 saturated heterocycles. The van der Waals surface area contributed by atoms with Crippen molar-refractivity contribution in [1.29, 1.82) is 0 Å². The van der Waals surface area contributed by atoms with Crippen molar-refractivity contribution in [3.05, 3.63) is 21.4 Å². The Balaban J connectivity index is 2.41. The molecule has 1 rings (SSSR count). The minimum atomic E-state index is -0.757. The van der Waals surface area contributed by atoms with E-state index in [1.54, 1.807) is 6.92 Å². The van der Waals surface area contributed by atoms with Gasteiger partial charge in [-0.1, -0.05) is 20.3 Å². The third-order valence-electron chi connectivity index (χ3n) is 3.70. The Kier molecular flexibility index (Phi) is 6.89. The number of carbonyl (C=O) groups is 2. The fourth-order valence-electron chi connectivity index (χ4n) is 2.20. The molecule has 118 valence electrons. The van der Waals surface area contributed by atoms with Gasteiger partial charge < -0.3 is 10.4 Å². The third kappa shape index (κ3) is 5.50. The van der Waals surface area contributed by atoms with E-state index in [1.807, 2.05) is 19.9 Å². The van der Waals surface area contributed by atoms with E-state index in [-0.39, 0.29) is 17.9 Å². The molecule has 2 unspecified atom stereocenters. The molecule has 1 amide bonds. The fourth-order valence-corrected chi connectivity index (χ4v) is 3.22. The van der Waals surface area contributed by atoms with Gasteiger partial charge in [0.05, 0.1) is 10.8 Å². The topological polar surface area (TPSA) is 66.4 Å². The molecule has 0 fully saturated rings. The fraction of sp³-hybridized carbons (Fsp3) is 0.625. The molecular formula is C16H25NO3S. The predicted molar refractivity (Wildman–Crippen MR) is 86.0 cm³/mol. The molecule has 0 spiro atoms. The van der Waals surface area contributed by atoms with Crippen LogP contribution in [-0.4, -0.2) is 23.0 Å². The van der Waals surface area contributed by atoms with Gasteiger partial charge in [-0.3, -0.25) is 9.59 Å². The summed E-state index contributed by atoms with van der Waals surface area (Å²) in [6.07, 6.45) is 3.19. The molecule has 0 aliphatic carbocycles. The summed E-state index contributed by atoms with van der Waals surface area (Å²) >= 11 is 1.53. The molecule has 1 aromatic heterocycles. The molecule has 1 aromatic rings. The van der Waals surface area contributed by atoms with Gasteiger partial charge >= 0.3 is 5.97 Å². The van der Waals surface area contributed by atoms with Crippen molar-refractivity contribution >= 4 is 23.2 Å². The minimum Gasteiger partial charge on any atom is -0.481 e. The summed E-state index contributed by atoms with van der Waals surface area (Å²) in [5, 5.41) is 11.8. The van der Waals surface area contributed by atoms with Crippen molar-refractivity contribution < 1.29 is 14.7 Å². The van der Waals surface area contributed by atoms with E-state index in [0.717, 1.165) is 24.1 Å². The quantitative estimate of drug-likeness (QED) is 0.770. The van der Waals surface area contributed by atoms with Crippen LogP contribution < -0.4 is 5.32 Å². The largest absolute Gasteiger partial charge is 0.481 e. The van der Waals surface area contributed by atoms with Gasteiger partial charge in [-0.2, -0.15) is 0 Å². The van der Waals surface area contributed by atoms with E-state index < -0.39 is 5.97 Å². The highest BCUT2D eigenvalue weighted by Gasteiger charge is 2.15. The van der Waals surface area contributed by atoms with Crippen molar-refractivity contribution in [2.75, 3.05) is 0 Å². The maximum absolute atomic E-state index is 12.1. The van der Waals surface area contributed by atoms with Gasteiger partial charge in [0.1, 0.15) is 0 Å². The molecule has 0 radical (unpaired) electrons. The second-order valence-corrected chi connectivity index (χ2v) is 6.85. The number of nitrogens with one attached hydrogen (secondary N) is 1. The second kappa shape index (κ2) is 8.17. The maximum Gasteiger partial charge on any atom is 0.306 e. The SMILES string of the molecule is CCc1cc(C(=O)NC(C)CCCC(C)C(=O)O)sc1C. The number of aliphatic carboxylic acids is 1. The van der Waals surface area contributed by atoms with E-state index >= 15 is 0 Å². The average molecular weight is 311 g/mol. The van der Waals surface area contributed by atoms with Gasteiger partial charge in [0.2, 0.25) is 0 Å². The van der Waals surface area contributed by atoms with Crippen molar-refractivity contribution in [3.8, 4) is 0 Å². The van der Waals surface area contributed by atoms with Crippen LogP contribution in [0.2, 0.25) is 0 Å². The van der Waals surface area contributed by atoms with E-state index in [9.17, 15) is 9.59 Å². The van der Waals surface area contributed by atoms with Gasteiger partial charge in [-0.25, -0.2) is 0 Å². The lowest BCUT2D eigenvalue weighted by molar-refractivity contribution is -0.141. The monoisotopic (exact) mass is 311 g/mol. The van der Waals surface area contributed by atoms with Crippen LogP contribution in [0.1, 0.15) is 60.1 Å². The summed E-state index contributed by atoms with van der Waals surface area (Å²) < 4.78 is 0. The van der Waals surface area contributed by atoms with Crippen LogP contribution in [0.3, 0.4) is 0 Å². The van der Waals surface area contributed by atoms with Crippen molar-refractivity contribution in [2.45, 2.75) is 59.4 Å². The molecule has 4 nitrogen and oxygen atoms in total. The number of carboxylic acid groups (broad SMARTS) is 1.